The van der Waals surface area contributed by atoms with Gasteiger partial charge < -0.3 is 20.3 Å². The van der Waals surface area contributed by atoms with Crippen LogP contribution in [-0.2, 0) is 17.8 Å². The average Bonchev–Trinajstić information content (AvgIpc) is 3.08. The first-order chi connectivity index (χ1) is 14.0. The van der Waals surface area contributed by atoms with Gasteiger partial charge in [0.05, 0.1) is 24.5 Å². The zero-order valence-electron chi connectivity index (χ0n) is 16.7. The smallest absolute Gasteiger partial charge is 0.319 e. The molecule has 2 aliphatic heterocycles. The molecule has 2 amide bonds. The number of benzene rings is 1. The number of morpholine rings is 1. The molecular formula is C20H25FN6O2. The molecule has 1 saturated heterocycles. The second kappa shape index (κ2) is 8.30. The van der Waals surface area contributed by atoms with Crippen molar-refractivity contribution in [3.63, 3.8) is 0 Å². The predicted octanol–water partition coefficient (Wildman–Crippen LogP) is 2.21. The second-order valence-electron chi connectivity index (χ2n) is 7.25. The molecule has 0 unspecified atom stereocenters. The van der Waals surface area contributed by atoms with Crippen LogP contribution in [0.5, 0.6) is 0 Å². The Balaban J connectivity index is 1.68. The van der Waals surface area contributed by atoms with E-state index in [4.69, 9.17) is 9.72 Å². The number of rotatable bonds is 4. The first-order valence-electron chi connectivity index (χ1n) is 9.81. The van der Waals surface area contributed by atoms with E-state index in [1.807, 2.05) is 14.0 Å². The van der Waals surface area contributed by atoms with Gasteiger partial charge in [-0.2, -0.15) is 0 Å². The number of anilines is 2. The van der Waals surface area contributed by atoms with Gasteiger partial charge in [-0.15, -0.1) is 0 Å². The number of nitrogens with one attached hydrogen (secondary N) is 2. The summed E-state index contributed by atoms with van der Waals surface area (Å²) < 4.78 is 20.3. The van der Waals surface area contributed by atoms with Crippen molar-refractivity contribution >= 4 is 17.5 Å². The number of carbonyl (C=O) groups excluding carboxylic acids is 1. The number of aromatic nitrogens is 2. The summed E-state index contributed by atoms with van der Waals surface area (Å²) in [4.78, 5) is 25.4. The highest BCUT2D eigenvalue weighted by Crippen LogP contribution is 2.32. The van der Waals surface area contributed by atoms with Crippen molar-refractivity contribution in [1.29, 1.82) is 0 Å². The molecule has 0 spiro atoms. The zero-order chi connectivity index (χ0) is 20.4. The lowest BCUT2D eigenvalue weighted by atomic mass is 10.1. The van der Waals surface area contributed by atoms with Gasteiger partial charge >= 0.3 is 6.03 Å². The van der Waals surface area contributed by atoms with Crippen molar-refractivity contribution in [1.82, 2.24) is 20.2 Å². The lowest BCUT2D eigenvalue weighted by Crippen LogP contribution is -2.37. The van der Waals surface area contributed by atoms with Crippen LogP contribution in [0.4, 0.5) is 20.7 Å². The van der Waals surface area contributed by atoms with Crippen LogP contribution < -0.4 is 15.5 Å². The van der Waals surface area contributed by atoms with Gasteiger partial charge in [0.25, 0.3) is 0 Å². The Morgan fingerprint density at radius 1 is 1.24 bits per heavy atom. The number of amides is 2. The summed E-state index contributed by atoms with van der Waals surface area (Å²) in [5.41, 5.74) is 2.74. The lowest BCUT2D eigenvalue weighted by Gasteiger charge is -2.29. The average molecular weight is 400 g/mol. The van der Waals surface area contributed by atoms with Gasteiger partial charge in [-0.3, -0.25) is 4.90 Å². The number of urea groups is 1. The molecule has 0 saturated carbocycles. The van der Waals surface area contributed by atoms with E-state index in [1.54, 1.807) is 12.1 Å². The molecule has 0 bridgehead atoms. The molecule has 9 heteroatoms. The molecule has 0 atom stereocenters. The Kier molecular flexibility index (Phi) is 5.59. The summed E-state index contributed by atoms with van der Waals surface area (Å²) in [6.07, 6.45) is 0. The molecule has 0 aliphatic carbocycles. The van der Waals surface area contributed by atoms with E-state index >= 15 is 0 Å². The fourth-order valence-corrected chi connectivity index (χ4v) is 3.66. The molecule has 29 heavy (non-hydrogen) atoms. The van der Waals surface area contributed by atoms with E-state index in [1.165, 1.54) is 6.07 Å². The zero-order valence-corrected chi connectivity index (χ0v) is 16.7. The maximum absolute atomic E-state index is 14.9. The van der Waals surface area contributed by atoms with Gasteiger partial charge in [-0.1, -0.05) is 0 Å². The fourth-order valence-electron chi connectivity index (χ4n) is 3.66. The number of hydrogen-bond acceptors (Lipinski definition) is 6. The van der Waals surface area contributed by atoms with Gasteiger partial charge in [-0.05, 0) is 32.2 Å². The summed E-state index contributed by atoms with van der Waals surface area (Å²) in [6.45, 7) is 6.61. The number of hydrogen-bond donors (Lipinski definition) is 2. The third-order valence-electron chi connectivity index (χ3n) is 5.03. The quantitative estimate of drug-likeness (QED) is 0.819. The molecule has 3 heterocycles. The first-order valence-corrected chi connectivity index (χ1v) is 9.81. The monoisotopic (exact) mass is 400 g/mol. The minimum absolute atomic E-state index is 0.318. The van der Waals surface area contributed by atoms with Gasteiger partial charge in [0.2, 0.25) is 0 Å². The summed E-state index contributed by atoms with van der Waals surface area (Å²) in [5.74, 6) is 0.753. The van der Waals surface area contributed by atoms with Crippen LogP contribution in [0.2, 0.25) is 0 Å². The van der Waals surface area contributed by atoms with Crippen LogP contribution in [-0.4, -0.2) is 60.8 Å². The summed E-state index contributed by atoms with van der Waals surface area (Å²) in [6, 6.07) is 4.19. The lowest BCUT2D eigenvalue weighted by molar-refractivity contribution is 0.122. The van der Waals surface area contributed by atoms with E-state index in [-0.39, 0.29) is 6.03 Å². The highest BCUT2D eigenvalue weighted by atomic mass is 19.1. The third kappa shape index (κ3) is 4.15. The van der Waals surface area contributed by atoms with E-state index in [9.17, 15) is 9.18 Å². The summed E-state index contributed by atoms with van der Waals surface area (Å²) in [7, 11) is 2.03. The molecule has 0 radical (unpaired) electrons. The summed E-state index contributed by atoms with van der Waals surface area (Å²) in [5, 5.41) is 5.23. The molecule has 1 fully saturated rings. The number of fused-ring (bicyclic) bond motifs is 1. The van der Waals surface area contributed by atoms with Crippen molar-refractivity contribution in [3.05, 3.63) is 35.3 Å². The van der Waals surface area contributed by atoms with Crippen LogP contribution in [0, 0.1) is 5.82 Å². The minimum atomic E-state index is -0.474. The molecule has 1 aromatic heterocycles. The predicted molar refractivity (Wildman–Crippen MR) is 108 cm³/mol. The van der Waals surface area contributed by atoms with Gasteiger partial charge in [0.1, 0.15) is 11.6 Å². The first kappa shape index (κ1) is 19.5. The maximum Gasteiger partial charge on any atom is 0.319 e. The number of halogens is 1. The number of ether oxygens (including phenoxy) is 1. The molecule has 4 rings (SSSR count). The molecule has 154 valence electrons. The van der Waals surface area contributed by atoms with E-state index in [0.29, 0.717) is 43.4 Å². The molecule has 2 aliphatic rings. The van der Waals surface area contributed by atoms with E-state index < -0.39 is 5.82 Å². The van der Waals surface area contributed by atoms with Crippen LogP contribution in [0.3, 0.4) is 0 Å². The highest BCUT2D eigenvalue weighted by molar-refractivity contribution is 5.89. The topological polar surface area (TPSA) is 82.6 Å². The van der Waals surface area contributed by atoms with E-state index in [2.05, 4.69) is 25.4 Å². The molecule has 2 N–H and O–H groups in total. The SMILES string of the molecule is CCNC(=O)Nc1ccc(-c2nc3c(c(N4CCOCC4)n2)CN(C)C3)c(F)c1. The fraction of sp³-hybridized carbons (Fsp3) is 0.450. The van der Waals surface area contributed by atoms with Crippen LogP contribution in [0.1, 0.15) is 18.2 Å². The van der Waals surface area contributed by atoms with Crippen molar-refractivity contribution in [2.24, 2.45) is 0 Å². The Morgan fingerprint density at radius 2 is 2.03 bits per heavy atom. The van der Waals surface area contributed by atoms with Gasteiger partial charge in [-0.25, -0.2) is 19.2 Å². The van der Waals surface area contributed by atoms with Crippen molar-refractivity contribution in [3.8, 4) is 11.4 Å². The number of carbonyl (C=O) groups is 1. The van der Waals surface area contributed by atoms with Crippen LogP contribution >= 0.6 is 0 Å². The highest BCUT2D eigenvalue weighted by Gasteiger charge is 2.27. The maximum atomic E-state index is 14.9. The van der Waals surface area contributed by atoms with Crippen molar-refractivity contribution in [2.75, 3.05) is 50.1 Å². The van der Waals surface area contributed by atoms with Gasteiger partial charge in [0, 0.05) is 44.0 Å². The minimum Gasteiger partial charge on any atom is -0.378 e. The Labute approximate surface area is 169 Å². The standard InChI is InChI=1S/C20H25FN6O2/c1-3-22-20(28)23-13-4-5-14(16(21)10-13)18-24-17-12-26(2)11-15(17)19(25-18)27-6-8-29-9-7-27/h4-5,10H,3,6-9,11-12H2,1-2H3,(H2,22,23,28). The van der Waals surface area contributed by atoms with Crippen LogP contribution in [0.15, 0.2) is 18.2 Å². The van der Waals surface area contributed by atoms with Crippen LogP contribution in [0.25, 0.3) is 11.4 Å². The van der Waals surface area contributed by atoms with Crippen molar-refractivity contribution in [2.45, 2.75) is 20.0 Å². The van der Waals surface area contributed by atoms with E-state index in [0.717, 1.165) is 36.7 Å². The molecule has 2 aromatic rings. The Hall–Kier alpha value is -2.78. The van der Waals surface area contributed by atoms with Gasteiger partial charge in [0.15, 0.2) is 5.82 Å². The molecule has 1 aromatic carbocycles. The largest absolute Gasteiger partial charge is 0.378 e. The molecular weight excluding hydrogens is 375 g/mol. The Morgan fingerprint density at radius 3 is 2.76 bits per heavy atom. The number of nitrogens with zero attached hydrogens (tertiary/aromatic N) is 4. The summed E-state index contributed by atoms with van der Waals surface area (Å²) >= 11 is 0. The second-order valence-corrected chi connectivity index (χ2v) is 7.25. The normalized spacial score (nSPS) is 16.6. The Bertz CT molecular complexity index is 916. The molecule has 8 nitrogen and oxygen atoms in total. The van der Waals surface area contributed by atoms with Crippen molar-refractivity contribution < 1.29 is 13.9 Å². The third-order valence-corrected chi connectivity index (χ3v) is 5.03.